The second-order valence-corrected chi connectivity index (χ2v) is 4.67. The Morgan fingerprint density at radius 3 is 2.65 bits per heavy atom. The van der Waals surface area contributed by atoms with Gasteiger partial charge in [0.1, 0.15) is 5.75 Å². The summed E-state index contributed by atoms with van der Waals surface area (Å²) in [6, 6.07) is 9.77. The fourth-order valence-electron chi connectivity index (χ4n) is 1.97. The van der Waals surface area contributed by atoms with Gasteiger partial charge in [-0.25, -0.2) is 4.68 Å². The zero-order chi connectivity index (χ0) is 14.4. The standard InChI is InChI=1S/C15H19N3O2/c1-12-15(13(2)19)16-17-18(12)10-6-7-11-20-14-8-4-3-5-9-14/h3-5,8-9H,6-7,10-11H2,1-2H3. The van der Waals surface area contributed by atoms with Crippen molar-refractivity contribution in [3.8, 4) is 5.75 Å². The van der Waals surface area contributed by atoms with E-state index in [1.54, 1.807) is 4.68 Å². The molecule has 20 heavy (non-hydrogen) atoms. The SMILES string of the molecule is CC(=O)c1nnn(CCCCOc2ccccc2)c1C. The first-order valence-corrected chi connectivity index (χ1v) is 6.77. The first kappa shape index (κ1) is 14.2. The number of hydrogen-bond acceptors (Lipinski definition) is 4. The molecule has 2 rings (SSSR count). The molecular formula is C15H19N3O2. The van der Waals surface area contributed by atoms with Crippen molar-refractivity contribution in [2.75, 3.05) is 6.61 Å². The minimum absolute atomic E-state index is 0.0406. The number of hydrogen-bond donors (Lipinski definition) is 0. The lowest BCUT2D eigenvalue weighted by molar-refractivity contribution is 0.101. The minimum atomic E-state index is -0.0406. The van der Waals surface area contributed by atoms with Crippen LogP contribution in [-0.2, 0) is 6.54 Å². The van der Waals surface area contributed by atoms with Crippen LogP contribution in [0.15, 0.2) is 30.3 Å². The maximum Gasteiger partial charge on any atom is 0.181 e. The first-order chi connectivity index (χ1) is 9.68. The van der Waals surface area contributed by atoms with Crippen LogP contribution >= 0.6 is 0 Å². The number of rotatable bonds is 7. The molecule has 0 unspecified atom stereocenters. The monoisotopic (exact) mass is 273 g/mol. The molecule has 1 aromatic carbocycles. The molecule has 0 saturated heterocycles. The van der Waals surface area contributed by atoms with Gasteiger partial charge in [-0.3, -0.25) is 4.79 Å². The van der Waals surface area contributed by atoms with E-state index in [1.165, 1.54) is 6.92 Å². The molecule has 0 aliphatic carbocycles. The highest BCUT2D eigenvalue weighted by Crippen LogP contribution is 2.10. The molecule has 0 aliphatic heterocycles. The van der Waals surface area contributed by atoms with Crippen LogP contribution < -0.4 is 4.74 Å². The molecule has 0 aliphatic rings. The molecule has 0 atom stereocenters. The quantitative estimate of drug-likeness (QED) is 0.575. The lowest BCUT2D eigenvalue weighted by atomic mass is 10.2. The number of carbonyl (C=O) groups is 1. The molecule has 1 heterocycles. The highest BCUT2D eigenvalue weighted by Gasteiger charge is 2.11. The van der Waals surface area contributed by atoms with Crippen LogP contribution in [0.1, 0.15) is 35.9 Å². The van der Waals surface area contributed by atoms with Crippen LogP contribution in [0.5, 0.6) is 5.75 Å². The number of benzene rings is 1. The largest absolute Gasteiger partial charge is 0.494 e. The fraction of sp³-hybridized carbons (Fsp3) is 0.400. The average molecular weight is 273 g/mol. The van der Waals surface area contributed by atoms with Crippen molar-refractivity contribution in [3.05, 3.63) is 41.7 Å². The van der Waals surface area contributed by atoms with Crippen molar-refractivity contribution >= 4 is 5.78 Å². The number of ether oxygens (including phenoxy) is 1. The van der Waals surface area contributed by atoms with Gasteiger partial charge in [0.05, 0.1) is 12.3 Å². The predicted molar refractivity (Wildman–Crippen MR) is 75.9 cm³/mol. The van der Waals surface area contributed by atoms with E-state index in [9.17, 15) is 4.79 Å². The zero-order valence-corrected chi connectivity index (χ0v) is 11.9. The summed E-state index contributed by atoms with van der Waals surface area (Å²) in [5.74, 6) is 0.851. The molecule has 0 fully saturated rings. The lowest BCUT2D eigenvalue weighted by Crippen LogP contribution is -2.06. The van der Waals surface area contributed by atoms with Gasteiger partial charge in [0.15, 0.2) is 11.5 Å². The molecule has 0 saturated carbocycles. The Labute approximate surface area is 118 Å². The van der Waals surface area contributed by atoms with E-state index in [4.69, 9.17) is 4.74 Å². The van der Waals surface area contributed by atoms with E-state index in [1.807, 2.05) is 37.3 Å². The fourth-order valence-corrected chi connectivity index (χ4v) is 1.97. The summed E-state index contributed by atoms with van der Waals surface area (Å²) in [7, 11) is 0. The van der Waals surface area contributed by atoms with E-state index in [0.29, 0.717) is 12.3 Å². The molecule has 5 heteroatoms. The average Bonchev–Trinajstić information content (AvgIpc) is 2.81. The number of ketones is 1. The highest BCUT2D eigenvalue weighted by molar-refractivity contribution is 5.92. The third kappa shape index (κ3) is 3.66. The zero-order valence-electron chi connectivity index (χ0n) is 11.9. The third-order valence-corrected chi connectivity index (χ3v) is 3.09. The Morgan fingerprint density at radius 2 is 2.00 bits per heavy atom. The van der Waals surface area contributed by atoms with Gasteiger partial charge in [-0.2, -0.15) is 0 Å². The number of carbonyl (C=O) groups excluding carboxylic acids is 1. The Bertz CT molecular complexity index is 564. The molecule has 0 amide bonds. The van der Waals surface area contributed by atoms with Gasteiger partial charge in [-0.1, -0.05) is 23.4 Å². The molecule has 1 aromatic heterocycles. The van der Waals surface area contributed by atoms with Crippen molar-refractivity contribution in [3.63, 3.8) is 0 Å². The number of nitrogens with zero attached hydrogens (tertiary/aromatic N) is 3. The second-order valence-electron chi connectivity index (χ2n) is 4.67. The van der Waals surface area contributed by atoms with Crippen LogP contribution in [0, 0.1) is 6.92 Å². The molecular weight excluding hydrogens is 254 g/mol. The normalized spacial score (nSPS) is 10.5. The van der Waals surface area contributed by atoms with Crippen molar-refractivity contribution < 1.29 is 9.53 Å². The van der Waals surface area contributed by atoms with Gasteiger partial charge in [-0.05, 0) is 31.9 Å². The number of aryl methyl sites for hydroxylation is 1. The predicted octanol–water partition coefficient (Wildman–Crippen LogP) is 2.65. The van der Waals surface area contributed by atoms with Gasteiger partial charge in [0.2, 0.25) is 0 Å². The van der Waals surface area contributed by atoms with E-state index in [0.717, 1.165) is 30.8 Å². The minimum Gasteiger partial charge on any atom is -0.494 e. The number of aromatic nitrogens is 3. The van der Waals surface area contributed by atoms with Crippen molar-refractivity contribution in [2.45, 2.75) is 33.2 Å². The Kier molecular flexibility index (Phi) is 4.87. The van der Waals surface area contributed by atoms with Crippen molar-refractivity contribution in [1.29, 1.82) is 0 Å². The van der Waals surface area contributed by atoms with Gasteiger partial charge in [0.25, 0.3) is 0 Å². The van der Waals surface area contributed by atoms with E-state index in [2.05, 4.69) is 10.3 Å². The number of para-hydroxylation sites is 1. The summed E-state index contributed by atoms with van der Waals surface area (Å²) < 4.78 is 7.40. The van der Waals surface area contributed by atoms with Crippen LogP contribution in [0.25, 0.3) is 0 Å². The molecule has 106 valence electrons. The van der Waals surface area contributed by atoms with Gasteiger partial charge < -0.3 is 4.74 Å². The Morgan fingerprint density at radius 1 is 1.25 bits per heavy atom. The molecule has 5 nitrogen and oxygen atoms in total. The van der Waals surface area contributed by atoms with E-state index >= 15 is 0 Å². The van der Waals surface area contributed by atoms with Gasteiger partial charge >= 0.3 is 0 Å². The maximum atomic E-state index is 11.3. The van der Waals surface area contributed by atoms with E-state index < -0.39 is 0 Å². The topological polar surface area (TPSA) is 57.0 Å². The summed E-state index contributed by atoms with van der Waals surface area (Å²) in [5.41, 5.74) is 1.30. The van der Waals surface area contributed by atoms with Crippen LogP contribution in [0.4, 0.5) is 0 Å². The molecule has 0 radical (unpaired) electrons. The smallest absolute Gasteiger partial charge is 0.181 e. The summed E-state index contributed by atoms with van der Waals surface area (Å²) in [4.78, 5) is 11.3. The van der Waals surface area contributed by atoms with Crippen molar-refractivity contribution in [2.24, 2.45) is 0 Å². The van der Waals surface area contributed by atoms with Gasteiger partial charge in [-0.15, -0.1) is 5.10 Å². The second kappa shape index (κ2) is 6.84. The molecule has 0 bridgehead atoms. The summed E-state index contributed by atoms with van der Waals surface area (Å²) in [6.45, 7) is 4.81. The summed E-state index contributed by atoms with van der Waals surface area (Å²) in [5, 5.41) is 7.89. The first-order valence-electron chi connectivity index (χ1n) is 6.77. The van der Waals surface area contributed by atoms with E-state index in [-0.39, 0.29) is 5.78 Å². The third-order valence-electron chi connectivity index (χ3n) is 3.09. The summed E-state index contributed by atoms with van der Waals surface area (Å²) in [6.07, 6.45) is 1.87. The van der Waals surface area contributed by atoms with Gasteiger partial charge in [0, 0.05) is 13.5 Å². The molecule has 0 spiro atoms. The lowest BCUT2D eigenvalue weighted by Gasteiger charge is -2.06. The Balaban J connectivity index is 1.72. The number of unbranched alkanes of at least 4 members (excludes halogenated alkanes) is 1. The highest BCUT2D eigenvalue weighted by atomic mass is 16.5. The molecule has 0 N–H and O–H groups in total. The summed E-state index contributed by atoms with van der Waals surface area (Å²) >= 11 is 0. The Hall–Kier alpha value is -2.17. The number of Topliss-reactive ketones (excluding diaryl/α,β-unsaturated/α-hetero) is 1. The maximum absolute atomic E-state index is 11.3. The van der Waals surface area contributed by atoms with Crippen LogP contribution in [0.3, 0.4) is 0 Å². The van der Waals surface area contributed by atoms with Crippen LogP contribution in [0.2, 0.25) is 0 Å². The van der Waals surface area contributed by atoms with Crippen LogP contribution in [-0.4, -0.2) is 27.4 Å². The van der Waals surface area contributed by atoms with Crippen molar-refractivity contribution in [1.82, 2.24) is 15.0 Å². The molecule has 2 aromatic rings.